The van der Waals surface area contributed by atoms with Gasteiger partial charge in [-0.2, -0.15) is 0 Å². The number of para-hydroxylation sites is 1. The molecule has 3 N–H and O–H groups in total. The van der Waals surface area contributed by atoms with Crippen molar-refractivity contribution in [2.45, 2.75) is 6.92 Å². The summed E-state index contributed by atoms with van der Waals surface area (Å²) in [5, 5.41) is 1.46. The lowest BCUT2D eigenvalue weighted by molar-refractivity contribution is -0.131. The highest BCUT2D eigenvalue weighted by Crippen LogP contribution is 2.25. The summed E-state index contributed by atoms with van der Waals surface area (Å²) < 4.78 is 5.07. The van der Waals surface area contributed by atoms with E-state index in [-0.39, 0.29) is 23.1 Å². The van der Waals surface area contributed by atoms with Crippen LogP contribution in [-0.2, 0) is 4.79 Å². The highest BCUT2D eigenvalue weighted by Gasteiger charge is 2.21. The second-order valence-electron chi connectivity index (χ2n) is 7.06. The third kappa shape index (κ3) is 3.20. The first-order chi connectivity index (χ1) is 15.0. The zero-order valence-electron chi connectivity index (χ0n) is 16.4. The van der Waals surface area contributed by atoms with Gasteiger partial charge in [0.1, 0.15) is 11.4 Å². The molecule has 0 spiro atoms. The molecule has 0 saturated carbocycles. The summed E-state index contributed by atoms with van der Waals surface area (Å²) in [6.45, 7) is 1.32. The third-order valence-corrected chi connectivity index (χ3v) is 5.03. The number of imidazole rings is 1. The Bertz CT molecular complexity index is 1490. The van der Waals surface area contributed by atoms with Crippen LogP contribution in [0.5, 0.6) is 5.75 Å². The molecule has 0 atom stereocenters. The maximum Gasteiger partial charge on any atom is 0.308 e. The van der Waals surface area contributed by atoms with Gasteiger partial charge in [0.15, 0.2) is 5.82 Å². The number of ether oxygens (including phenoxy) is 1. The Morgan fingerprint density at radius 2 is 1.58 bits per heavy atom. The zero-order chi connectivity index (χ0) is 21.5. The predicted molar refractivity (Wildman–Crippen MR) is 113 cm³/mol. The molecule has 8 heteroatoms. The van der Waals surface area contributed by atoms with Crippen LogP contribution in [0.25, 0.3) is 21.8 Å². The number of carbonyl (C=O) groups excluding carboxylic acids is 3. The van der Waals surface area contributed by atoms with Crippen LogP contribution in [0.2, 0.25) is 0 Å². The van der Waals surface area contributed by atoms with Gasteiger partial charge in [-0.05, 0) is 18.2 Å². The van der Waals surface area contributed by atoms with Crippen molar-refractivity contribution in [2.75, 3.05) is 0 Å². The fourth-order valence-corrected chi connectivity index (χ4v) is 3.61. The van der Waals surface area contributed by atoms with Crippen molar-refractivity contribution in [1.82, 2.24) is 19.9 Å². The van der Waals surface area contributed by atoms with Crippen molar-refractivity contribution >= 4 is 39.3 Å². The SMILES string of the molecule is CC(=O)Oc1ccc2c(C(=O)c3ncc(C(=O)c4c[nH]c5ccccc45)[nH]3)c[nH]c2c1. The topological polar surface area (TPSA) is 121 Å². The van der Waals surface area contributed by atoms with Gasteiger partial charge in [0.25, 0.3) is 0 Å². The summed E-state index contributed by atoms with van der Waals surface area (Å²) in [6, 6.07) is 12.4. The molecule has 2 aromatic carbocycles. The Labute approximate surface area is 175 Å². The maximum atomic E-state index is 13.0. The molecule has 0 fully saturated rings. The molecule has 5 rings (SSSR count). The van der Waals surface area contributed by atoms with Crippen LogP contribution in [0.3, 0.4) is 0 Å². The van der Waals surface area contributed by atoms with Crippen LogP contribution < -0.4 is 4.74 Å². The van der Waals surface area contributed by atoms with Crippen LogP contribution in [0.1, 0.15) is 39.2 Å². The number of aromatic nitrogens is 4. The maximum absolute atomic E-state index is 13.0. The summed E-state index contributed by atoms with van der Waals surface area (Å²) >= 11 is 0. The smallest absolute Gasteiger partial charge is 0.308 e. The van der Waals surface area contributed by atoms with Crippen molar-refractivity contribution in [3.63, 3.8) is 0 Å². The molecular weight excluding hydrogens is 396 g/mol. The van der Waals surface area contributed by atoms with E-state index in [4.69, 9.17) is 4.74 Å². The molecule has 0 amide bonds. The van der Waals surface area contributed by atoms with E-state index in [9.17, 15) is 14.4 Å². The summed E-state index contributed by atoms with van der Waals surface area (Å²) in [6.07, 6.45) is 4.58. The Morgan fingerprint density at radius 1 is 0.871 bits per heavy atom. The lowest BCUT2D eigenvalue weighted by Crippen LogP contribution is -2.05. The average Bonchev–Trinajstić information content (AvgIpc) is 3.49. The molecule has 3 heterocycles. The molecule has 0 aliphatic carbocycles. The minimum absolute atomic E-state index is 0.0631. The van der Waals surface area contributed by atoms with Crippen LogP contribution in [0.4, 0.5) is 0 Å². The molecule has 8 nitrogen and oxygen atoms in total. The van der Waals surface area contributed by atoms with Crippen LogP contribution in [-0.4, -0.2) is 37.5 Å². The number of fused-ring (bicyclic) bond motifs is 2. The fourth-order valence-electron chi connectivity index (χ4n) is 3.61. The molecule has 0 radical (unpaired) electrons. The number of hydrogen-bond acceptors (Lipinski definition) is 5. The predicted octanol–water partition coefficient (Wildman–Crippen LogP) is 3.76. The molecule has 31 heavy (non-hydrogen) atoms. The van der Waals surface area contributed by atoms with Crippen LogP contribution in [0, 0.1) is 0 Å². The summed E-state index contributed by atoms with van der Waals surface area (Å²) in [5.74, 6) is -0.595. The van der Waals surface area contributed by atoms with E-state index in [0.29, 0.717) is 27.8 Å². The first kappa shape index (κ1) is 18.6. The van der Waals surface area contributed by atoms with Crippen molar-refractivity contribution in [2.24, 2.45) is 0 Å². The lowest BCUT2D eigenvalue weighted by Gasteiger charge is -2.01. The third-order valence-electron chi connectivity index (χ3n) is 5.03. The van der Waals surface area contributed by atoms with Crippen molar-refractivity contribution in [3.05, 3.63) is 83.7 Å². The number of benzene rings is 2. The number of hydrogen-bond donors (Lipinski definition) is 3. The van der Waals surface area contributed by atoms with Gasteiger partial charge in [-0.3, -0.25) is 14.4 Å². The second kappa shape index (κ2) is 7.10. The van der Waals surface area contributed by atoms with Gasteiger partial charge in [-0.15, -0.1) is 0 Å². The number of esters is 1. The molecule has 0 saturated heterocycles. The van der Waals surface area contributed by atoms with Gasteiger partial charge in [0.2, 0.25) is 11.6 Å². The molecule has 0 aliphatic rings. The van der Waals surface area contributed by atoms with Gasteiger partial charge >= 0.3 is 5.97 Å². The van der Waals surface area contributed by atoms with E-state index >= 15 is 0 Å². The molecule has 0 unspecified atom stereocenters. The number of rotatable bonds is 5. The van der Waals surface area contributed by atoms with E-state index in [1.165, 1.54) is 13.1 Å². The largest absolute Gasteiger partial charge is 0.427 e. The van der Waals surface area contributed by atoms with Gasteiger partial charge in [-0.1, -0.05) is 18.2 Å². The molecule has 3 aromatic heterocycles. The van der Waals surface area contributed by atoms with Crippen molar-refractivity contribution in [1.29, 1.82) is 0 Å². The minimum Gasteiger partial charge on any atom is -0.427 e. The Morgan fingerprint density at radius 3 is 2.39 bits per heavy atom. The number of carbonyl (C=O) groups is 3. The van der Waals surface area contributed by atoms with E-state index in [2.05, 4.69) is 19.9 Å². The number of ketones is 2. The normalized spacial score (nSPS) is 11.1. The Hall–Kier alpha value is -4.46. The highest BCUT2D eigenvalue weighted by molar-refractivity contribution is 6.17. The van der Waals surface area contributed by atoms with E-state index in [1.54, 1.807) is 30.6 Å². The monoisotopic (exact) mass is 412 g/mol. The first-order valence-corrected chi connectivity index (χ1v) is 9.51. The first-order valence-electron chi connectivity index (χ1n) is 9.51. The zero-order valence-corrected chi connectivity index (χ0v) is 16.4. The van der Waals surface area contributed by atoms with Crippen LogP contribution >= 0.6 is 0 Å². The minimum atomic E-state index is -0.426. The van der Waals surface area contributed by atoms with Gasteiger partial charge in [0, 0.05) is 52.8 Å². The quantitative estimate of drug-likeness (QED) is 0.231. The van der Waals surface area contributed by atoms with Gasteiger partial charge in [-0.25, -0.2) is 4.98 Å². The summed E-state index contributed by atoms with van der Waals surface area (Å²) in [4.78, 5) is 50.1. The average molecular weight is 412 g/mol. The van der Waals surface area contributed by atoms with Crippen LogP contribution in [0.15, 0.2) is 61.1 Å². The molecule has 0 aliphatic heterocycles. The highest BCUT2D eigenvalue weighted by atomic mass is 16.5. The van der Waals surface area contributed by atoms with E-state index < -0.39 is 5.97 Å². The molecule has 152 valence electrons. The Balaban J connectivity index is 1.45. The number of H-pyrrole nitrogens is 3. The molecule has 0 bridgehead atoms. The number of nitrogens with zero attached hydrogens (tertiary/aromatic N) is 1. The number of aromatic amines is 3. The van der Waals surface area contributed by atoms with E-state index in [1.807, 2.05) is 24.3 Å². The van der Waals surface area contributed by atoms with Crippen molar-refractivity contribution < 1.29 is 19.1 Å². The lowest BCUT2D eigenvalue weighted by atomic mass is 10.1. The molecular formula is C23H16N4O4. The van der Waals surface area contributed by atoms with E-state index in [0.717, 1.165) is 10.9 Å². The summed E-state index contributed by atoms with van der Waals surface area (Å²) in [5.41, 5.74) is 2.62. The standard InChI is InChI=1S/C23H16N4O4/c1-12(28)31-13-6-7-15-17(10-25-19(15)8-13)22(30)23-26-11-20(27-23)21(29)16-9-24-18-5-3-2-4-14(16)18/h2-11,24-25H,1H3,(H,26,27). The summed E-state index contributed by atoms with van der Waals surface area (Å²) in [7, 11) is 0. The van der Waals surface area contributed by atoms with Gasteiger partial charge in [0.05, 0.1) is 11.8 Å². The second-order valence-corrected chi connectivity index (χ2v) is 7.06. The Kier molecular flexibility index (Phi) is 4.25. The fraction of sp³-hybridized carbons (Fsp3) is 0.0435. The van der Waals surface area contributed by atoms with Crippen molar-refractivity contribution in [3.8, 4) is 5.75 Å². The number of nitrogens with one attached hydrogen (secondary N) is 3. The molecule has 5 aromatic rings. The van der Waals surface area contributed by atoms with Gasteiger partial charge < -0.3 is 19.7 Å².